The number of hydrogen-bond donors (Lipinski definition) is 1. The van der Waals surface area contributed by atoms with Crippen LogP contribution < -0.4 is 5.32 Å². The topological polar surface area (TPSA) is 55.9 Å². The number of carbonyl (C=O) groups is 2. The summed E-state index contributed by atoms with van der Waals surface area (Å²) in [5.41, 5.74) is 2.54. The lowest BCUT2D eigenvalue weighted by Crippen LogP contribution is -2.54. The van der Waals surface area contributed by atoms with Gasteiger partial charge in [0.1, 0.15) is 0 Å². The molecule has 3 rings (SSSR count). The molecule has 0 atom stereocenters. The Morgan fingerprint density at radius 3 is 2.26 bits per heavy atom. The van der Waals surface area contributed by atoms with Crippen LogP contribution in [-0.2, 0) is 22.6 Å². The second-order valence-corrected chi connectivity index (χ2v) is 8.68. The van der Waals surface area contributed by atoms with E-state index in [0.717, 1.165) is 32.6 Å². The predicted octanol–water partition coefficient (Wildman–Crippen LogP) is 1.10. The van der Waals surface area contributed by atoms with Gasteiger partial charge in [-0.15, -0.1) is 0 Å². The van der Waals surface area contributed by atoms with Crippen LogP contribution in [0.15, 0.2) is 24.3 Å². The number of benzene rings is 1. The first-order chi connectivity index (χ1) is 12.8. The largest absolute Gasteiger partial charge is 0.350 e. The van der Waals surface area contributed by atoms with Gasteiger partial charge in [0.25, 0.3) is 0 Å². The van der Waals surface area contributed by atoms with Gasteiger partial charge in [-0.25, -0.2) is 0 Å². The van der Waals surface area contributed by atoms with Crippen molar-refractivity contribution in [2.24, 2.45) is 0 Å². The number of nitrogens with zero attached hydrogens (tertiary/aromatic N) is 3. The minimum atomic E-state index is -0.206. The van der Waals surface area contributed by atoms with Gasteiger partial charge in [-0.2, -0.15) is 0 Å². The Labute approximate surface area is 162 Å². The lowest BCUT2D eigenvalue weighted by atomic mass is 10.00. The van der Waals surface area contributed by atoms with E-state index in [1.165, 1.54) is 11.1 Å². The molecule has 148 valence electrons. The SMILES string of the molecule is CC(C)(C)NC(=O)CN1CCN(C(=O)CN2CCc3ccccc3C2)CC1. The highest BCUT2D eigenvalue weighted by atomic mass is 16.2. The highest BCUT2D eigenvalue weighted by molar-refractivity contribution is 5.79. The number of piperazine rings is 1. The van der Waals surface area contributed by atoms with Crippen LogP contribution in [0.4, 0.5) is 0 Å². The fourth-order valence-electron chi connectivity index (χ4n) is 3.80. The molecule has 6 nitrogen and oxygen atoms in total. The normalized spacial score (nSPS) is 18.9. The third-order valence-corrected chi connectivity index (χ3v) is 5.18. The molecule has 27 heavy (non-hydrogen) atoms. The van der Waals surface area contributed by atoms with Gasteiger partial charge in [0.2, 0.25) is 11.8 Å². The third-order valence-electron chi connectivity index (χ3n) is 5.18. The number of carbonyl (C=O) groups excluding carboxylic acids is 2. The molecular weight excluding hydrogens is 340 g/mol. The Morgan fingerprint density at radius 2 is 1.59 bits per heavy atom. The average molecular weight is 373 g/mol. The van der Waals surface area contributed by atoms with Crippen molar-refractivity contribution in [3.63, 3.8) is 0 Å². The summed E-state index contributed by atoms with van der Waals surface area (Å²) in [6.07, 6.45) is 1.01. The highest BCUT2D eigenvalue weighted by Gasteiger charge is 2.25. The maximum absolute atomic E-state index is 12.7. The van der Waals surface area contributed by atoms with E-state index < -0.39 is 0 Å². The Bertz CT molecular complexity index is 675. The Kier molecular flexibility index (Phi) is 6.17. The van der Waals surface area contributed by atoms with E-state index in [2.05, 4.69) is 39.4 Å². The van der Waals surface area contributed by atoms with E-state index in [0.29, 0.717) is 26.2 Å². The Hall–Kier alpha value is -1.92. The summed E-state index contributed by atoms with van der Waals surface area (Å²) in [7, 11) is 0. The smallest absolute Gasteiger partial charge is 0.236 e. The van der Waals surface area contributed by atoms with Gasteiger partial charge >= 0.3 is 0 Å². The number of fused-ring (bicyclic) bond motifs is 1. The van der Waals surface area contributed by atoms with Crippen LogP contribution in [0.1, 0.15) is 31.9 Å². The van der Waals surface area contributed by atoms with Crippen LogP contribution in [0.3, 0.4) is 0 Å². The van der Waals surface area contributed by atoms with Gasteiger partial charge in [-0.3, -0.25) is 19.4 Å². The maximum atomic E-state index is 12.7. The zero-order chi connectivity index (χ0) is 19.4. The van der Waals surface area contributed by atoms with Crippen LogP contribution in [0.5, 0.6) is 0 Å². The second kappa shape index (κ2) is 8.40. The van der Waals surface area contributed by atoms with Crippen molar-refractivity contribution in [1.82, 2.24) is 20.0 Å². The van der Waals surface area contributed by atoms with Crippen molar-refractivity contribution >= 4 is 11.8 Å². The van der Waals surface area contributed by atoms with Crippen molar-refractivity contribution < 1.29 is 9.59 Å². The number of hydrogen-bond acceptors (Lipinski definition) is 4. The van der Waals surface area contributed by atoms with Gasteiger partial charge in [0, 0.05) is 44.8 Å². The summed E-state index contributed by atoms with van der Waals surface area (Å²) in [6, 6.07) is 8.50. The molecule has 0 aliphatic carbocycles. The molecule has 2 amide bonds. The quantitative estimate of drug-likeness (QED) is 0.860. The van der Waals surface area contributed by atoms with Crippen LogP contribution in [0.25, 0.3) is 0 Å². The minimum Gasteiger partial charge on any atom is -0.350 e. The fraction of sp³-hybridized carbons (Fsp3) is 0.619. The Balaban J connectivity index is 1.42. The molecule has 1 saturated heterocycles. The first kappa shape index (κ1) is 19.8. The van der Waals surface area contributed by atoms with E-state index in [-0.39, 0.29) is 17.4 Å². The molecular formula is C21H32N4O2. The highest BCUT2D eigenvalue weighted by Crippen LogP contribution is 2.18. The molecule has 1 N–H and O–H groups in total. The summed E-state index contributed by atoms with van der Waals surface area (Å²) in [4.78, 5) is 31.1. The molecule has 0 radical (unpaired) electrons. The lowest BCUT2D eigenvalue weighted by molar-refractivity contribution is -0.134. The molecule has 2 aliphatic rings. The molecule has 0 saturated carbocycles. The minimum absolute atomic E-state index is 0.0502. The van der Waals surface area contributed by atoms with Crippen LogP contribution >= 0.6 is 0 Å². The van der Waals surface area contributed by atoms with Crippen molar-refractivity contribution in [3.8, 4) is 0 Å². The predicted molar refractivity (Wildman–Crippen MR) is 106 cm³/mol. The molecule has 0 spiro atoms. The maximum Gasteiger partial charge on any atom is 0.236 e. The number of nitrogens with one attached hydrogen (secondary N) is 1. The van der Waals surface area contributed by atoms with Crippen molar-refractivity contribution in [3.05, 3.63) is 35.4 Å². The average Bonchev–Trinajstić information content (AvgIpc) is 2.60. The Morgan fingerprint density at radius 1 is 0.926 bits per heavy atom. The van der Waals surface area contributed by atoms with Gasteiger partial charge in [-0.05, 0) is 38.3 Å². The van der Waals surface area contributed by atoms with Crippen molar-refractivity contribution in [1.29, 1.82) is 0 Å². The molecule has 2 aliphatic heterocycles. The zero-order valence-electron chi connectivity index (χ0n) is 16.8. The summed E-state index contributed by atoms with van der Waals surface area (Å²) in [6.45, 7) is 11.6. The van der Waals surface area contributed by atoms with Gasteiger partial charge in [-0.1, -0.05) is 24.3 Å². The van der Waals surface area contributed by atoms with E-state index in [9.17, 15) is 9.59 Å². The summed E-state index contributed by atoms with van der Waals surface area (Å²) >= 11 is 0. The first-order valence-corrected chi connectivity index (χ1v) is 9.90. The van der Waals surface area contributed by atoms with E-state index >= 15 is 0 Å². The molecule has 0 aromatic heterocycles. The van der Waals surface area contributed by atoms with Crippen molar-refractivity contribution in [2.45, 2.75) is 39.3 Å². The molecule has 2 heterocycles. The molecule has 1 aromatic rings. The summed E-state index contributed by atoms with van der Waals surface area (Å²) < 4.78 is 0. The molecule has 0 bridgehead atoms. The molecule has 6 heteroatoms. The van der Waals surface area contributed by atoms with Gasteiger partial charge < -0.3 is 10.2 Å². The van der Waals surface area contributed by atoms with Crippen molar-refractivity contribution in [2.75, 3.05) is 45.8 Å². The monoisotopic (exact) mass is 372 g/mol. The number of amides is 2. The summed E-state index contributed by atoms with van der Waals surface area (Å²) in [5, 5.41) is 2.99. The van der Waals surface area contributed by atoms with E-state index in [1.807, 2.05) is 25.7 Å². The lowest BCUT2D eigenvalue weighted by Gasteiger charge is -2.36. The number of rotatable bonds is 4. The second-order valence-electron chi connectivity index (χ2n) is 8.68. The van der Waals surface area contributed by atoms with Crippen LogP contribution in [0, 0.1) is 0 Å². The molecule has 1 aromatic carbocycles. The standard InChI is InChI=1S/C21H32N4O2/c1-21(2,3)22-19(26)15-23-10-12-25(13-11-23)20(27)16-24-9-8-17-6-4-5-7-18(17)14-24/h4-7H,8-16H2,1-3H3,(H,22,26). The fourth-order valence-corrected chi connectivity index (χ4v) is 3.80. The summed E-state index contributed by atoms with van der Waals surface area (Å²) in [5.74, 6) is 0.252. The third kappa shape index (κ3) is 5.78. The van der Waals surface area contributed by atoms with Gasteiger partial charge in [0.15, 0.2) is 0 Å². The van der Waals surface area contributed by atoms with E-state index in [1.54, 1.807) is 0 Å². The van der Waals surface area contributed by atoms with Crippen LogP contribution in [0.2, 0.25) is 0 Å². The zero-order valence-corrected chi connectivity index (χ0v) is 16.8. The molecule has 1 fully saturated rings. The van der Waals surface area contributed by atoms with Gasteiger partial charge in [0.05, 0.1) is 13.1 Å². The molecule has 0 unspecified atom stereocenters. The first-order valence-electron chi connectivity index (χ1n) is 9.90. The van der Waals surface area contributed by atoms with Crippen LogP contribution in [-0.4, -0.2) is 77.9 Å². The van der Waals surface area contributed by atoms with E-state index in [4.69, 9.17) is 0 Å².